The van der Waals surface area contributed by atoms with Crippen LogP contribution in [-0.4, -0.2) is 34.4 Å². The number of pyridine rings is 1. The molecule has 0 spiro atoms. The highest BCUT2D eigenvalue weighted by atomic mass is 19.1. The van der Waals surface area contributed by atoms with Crippen LogP contribution in [0.5, 0.6) is 5.75 Å². The van der Waals surface area contributed by atoms with Crippen molar-refractivity contribution in [3.8, 4) is 5.75 Å². The summed E-state index contributed by atoms with van der Waals surface area (Å²) in [5.74, 6) is -4.87. The van der Waals surface area contributed by atoms with E-state index in [1.165, 1.54) is 6.20 Å². The standard InChI is InChI=1S/C27H24F3N3O4/c28-17-10-21(29)19(22(30)11-17)12-31-26(35)20-14-33-18-8-4-5-9-32(13-18)27(36)23(33)25(24(20)34)37-15-16-6-2-1-3-7-16/h1-3,6-7,10-11,14,18H,4-5,8-9,12-13,15H2,(H,31,35). The number of rotatable bonds is 6. The number of aromatic nitrogens is 1. The van der Waals surface area contributed by atoms with Crippen molar-refractivity contribution in [2.75, 3.05) is 13.1 Å². The fraction of sp³-hybridized carbons (Fsp3) is 0.296. The number of nitrogens with zero attached hydrogens (tertiary/aromatic N) is 2. The van der Waals surface area contributed by atoms with Gasteiger partial charge in [0.1, 0.15) is 29.6 Å². The Balaban J connectivity index is 1.52. The van der Waals surface area contributed by atoms with Gasteiger partial charge in [-0.3, -0.25) is 14.4 Å². The fourth-order valence-electron chi connectivity index (χ4n) is 4.82. The molecule has 3 aromatic rings. The summed E-state index contributed by atoms with van der Waals surface area (Å²) >= 11 is 0. The summed E-state index contributed by atoms with van der Waals surface area (Å²) in [4.78, 5) is 41.6. The second kappa shape index (κ2) is 10.1. The van der Waals surface area contributed by atoms with Crippen LogP contribution in [-0.2, 0) is 13.2 Å². The lowest BCUT2D eigenvalue weighted by Crippen LogP contribution is -2.44. The van der Waals surface area contributed by atoms with Crippen molar-refractivity contribution in [2.24, 2.45) is 0 Å². The van der Waals surface area contributed by atoms with E-state index in [9.17, 15) is 27.6 Å². The Labute approximate surface area is 210 Å². The number of fused-ring (bicyclic) bond motifs is 4. The zero-order valence-corrected chi connectivity index (χ0v) is 19.8. The summed E-state index contributed by atoms with van der Waals surface area (Å²) in [6.45, 7) is 0.408. The van der Waals surface area contributed by atoms with Gasteiger partial charge in [-0.25, -0.2) is 13.2 Å². The Morgan fingerprint density at radius 3 is 2.51 bits per heavy atom. The van der Waals surface area contributed by atoms with E-state index >= 15 is 0 Å². The van der Waals surface area contributed by atoms with Crippen LogP contribution in [0, 0.1) is 17.5 Å². The van der Waals surface area contributed by atoms with Crippen LogP contribution in [0.1, 0.15) is 57.3 Å². The van der Waals surface area contributed by atoms with Gasteiger partial charge in [0, 0.05) is 43.5 Å². The zero-order valence-electron chi connectivity index (χ0n) is 19.8. The minimum Gasteiger partial charge on any atom is -0.483 e. The number of nitrogens with one attached hydrogen (secondary N) is 1. The van der Waals surface area contributed by atoms with Gasteiger partial charge in [-0.05, 0) is 24.8 Å². The largest absolute Gasteiger partial charge is 0.483 e. The van der Waals surface area contributed by atoms with Crippen molar-refractivity contribution in [1.29, 1.82) is 0 Å². The first-order chi connectivity index (χ1) is 17.8. The Morgan fingerprint density at radius 1 is 1.05 bits per heavy atom. The van der Waals surface area contributed by atoms with E-state index < -0.39 is 40.9 Å². The van der Waals surface area contributed by atoms with Crippen molar-refractivity contribution >= 4 is 11.8 Å². The summed E-state index contributed by atoms with van der Waals surface area (Å²) in [5.41, 5.74) is -0.805. The molecule has 2 aromatic carbocycles. The molecule has 2 bridgehead atoms. The SMILES string of the molecule is O=C(NCc1c(F)cc(F)cc1F)c1cn2c(c(OCc3ccccc3)c1=O)C(=O)N1CCCCC2C1. The number of hydrogen-bond donors (Lipinski definition) is 1. The fourth-order valence-corrected chi connectivity index (χ4v) is 4.82. The molecule has 0 aliphatic carbocycles. The van der Waals surface area contributed by atoms with Crippen molar-refractivity contribution in [3.63, 3.8) is 0 Å². The van der Waals surface area contributed by atoms with E-state index in [0.717, 1.165) is 24.8 Å². The van der Waals surface area contributed by atoms with Crippen molar-refractivity contribution < 1.29 is 27.5 Å². The summed E-state index contributed by atoms with van der Waals surface area (Å²) < 4.78 is 48.9. The first-order valence-corrected chi connectivity index (χ1v) is 12.0. The molecule has 1 aromatic heterocycles. The molecule has 1 atom stereocenters. The van der Waals surface area contributed by atoms with E-state index in [-0.39, 0.29) is 35.6 Å². The molecular formula is C27H24F3N3O4. The van der Waals surface area contributed by atoms with Crippen molar-refractivity contribution in [1.82, 2.24) is 14.8 Å². The molecule has 2 aliphatic rings. The first kappa shape index (κ1) is 24.6. The molecule has 1 fully saturated rings. The van der Waals surface area contributed by atoms with Gasteiger partial charge in [0.15, 0.2) is 11.4 Å². The van der Waals surface area contributed by atoms with E-state index in [1.807, 2.05) is 18.2 Å². The lowest BCUT2D eigenvalue weighted by molar-refractivity contribution is 0.0673. The Bertz CT molecular complexity index is 1400. The Kier molecular flexibility index (Phi) is 6.73. The van der Waals surface area contributed by atoms with Crippen LogP contribution in [0.3, 0.4) is 0 Å². The maximum Gasteiger partial charge on any atom is 0.274 e. The van der Waals surface area contributed by atoms with Gasteiger partial charge in [-0.1, -0.05) is 30.3 Å². The highest BCUT2D eigenvalue weighted by molar-refractivity contribution is 5.99. The average molecular weight is 512 g/mol. The van der Waals surface area contributed by atoms with Gasteiger partial charge in [0.05, 0.1) is 6.04 Å². The molecule has 1 saturated heterocycles. The van der Waals surface area contributed by atoms with Crippen molar-refractivity contribution in [3.05, 3.63) is 98.7 Å². The number of ether oxygens (including phenoxy) is 1. The summed E-state index contributed by atoms with van der Waals surface area (Å²) in [6, 6.07) is 9.92. The molecule has 5 rings (SSSR count). The molecule has 10 heteroatoms. The molecular weight excluding hydrogens is 487 g/mol. The highest BCUT2D eigenvalue weighted by Crippen LogP contribution is 2.32. The third-order valence-corrected chi connectivity index (χ3v) is 6.72. The first-order valence-electron chi connectivity index (χ1n) is 12.0. The third kappa shape index (κ3) is 4.83. The maximum atomic E-state index is 14.1. The topological polar surface area (TPSA) is 80.6 Å². The van der Waals surface area contributed by atoms with Gasteiger partial charge < -0.3 is 19.5 Å². The summed E-state index contributed by atoms with van der Waals surface area (Å²) in [6.07, 6.45) is 3.75. The van der Waals surface area contributed by atoms with E-state index in [2.05, 4.69) is 5.32 Å². The number of benzene rings is 2. The molecule has 0 saturated carbocycles. The smallest absolute Gasteiger partial charge is 0.274 e. The zero-order chi connectivity index (χ0) is 26.1. The highest BCUT2D eigenvalue weighted by Gasteiger charge is 2.37. The molecule has 37 heavy (non-hydrogen) atoms. The van der Waals surface area contributed by atoms with Crippen molar-refractivity contribution in [2.45, 2.75) is 38.5 Å². The van der Waals surface area contributed by atoms with E-state index in [0.29, 0.717) is 25.2 Å². The summed E-state index contributed by atoms with van der Waals surface area (Å²) in [7, 11) is 0. The summed E-state index contributed by atoms with van der Waals surface area (Å²) in [5, 5.41) is 2.34. The third-order valence-electron chi connectivity index (χ3n) is 6.72. The maximum absolute atomic E-state index is 14.1. The van der Waals surface area contributed by atoms with Gasteiger partial charge in [-0.15, -0.1) is 0 Å². The second-order valence-electron chi connectivity index (χ2n) is 9.16. The molecule has 1 unspecified atom stereocenters. The van der Waals surface area contributed by atoms with Gasteiger partial charge in [0.2, 0.25) is 5.43 Å². The Morgan fingerprint density at radius 2 is 1.78 bits per heavy atom. The van der Waals surface area contributed by atoms with Crippen LogP contribution in [0.15, 0.2) is 53.5 Å². The van der Waals surface area contributed by atoms with Gasteiger partial charge in [0.25, 0.3) is 11.8 Å². The lowest BCUT2D eigenvalue weighted by Gasteiger charge is -2.35. The number of hydrogen-bond acceptors (Lipinski definition) is 4. The monoisotopic (exact) mass is 511 g/mol. The molecule has 0 radical (unpaired) electrons. The predicted octanol–water partition coefficient (Wildman–Crippen LogP) is 3.96. The lowest BCUT2D eigenvalue weighted by atomic mass is 10.1. The number of halogens is 3. The molecule has 2 amide bonds. The van der Waals surface area contributed by atoms with E-state index in [1.54, 1.807) is 21.6 Å². The van der Waals surface area contributed by atoms with Gasteiger partial charge in [-0.2, -0.15) is 0 Å². The molecule has 7 nitrogen and oxygen atoms in total. The van der Waals surface area contributed by atoms with Crippen LogP contribution in [0.4, 0.5) is 13.2 Å². The number of amides is 2. The number of carbonyl (C=O) groups excluding carboxylic acids is 2. The number of carbonyl (C=O) groups is 2. The molecule has 3 heterocycles. The minimum absolute atomic E-state index is 0.00188. The van der Waals surface area contributed by atoms with Crippen LogP contribution in [0.25, 0.3) is 0 Å². The minimum atomic E-state index is -1.16. The van der Waals surface area contributed by atoms with Crippen LogP contribution < -0.4 is 15.5 Å². The quantitative estimate of drug-likeness (QED) is 0.544. The second-order valence-corrected chi connectivity index (χ2v) is 9.16. The van der Waals surface area contributed by atoms with E-state index in [4.69, 9.17) is 4.74 Å². The van der Waals surface area contributed by atoms with Crippen LogP contribution in [0.2, 0.25) is 0 Å². The molecule has 2 aliphatic heterocycles. The Hall–Kier alpha value is -4.08. The van der Waals surface area contributed by atoms with Gasteiger partial charge >= 0.3 is 0 Å². The average Bonchev–Trinajstić information content (AvgIpc) is 3.10. The molecule has 192 valence electrons. The normalized spacial score (nSPS) is 16.7. The van der Waals surface area contributed by atoms with Crippen LogP contribution >= 0.6 is 0 Å². The molecule has 1 N–H and O–H groups in total. The predicted molar refractivity (Wildman–Crippen MR) is 128 cm³/mol.